The molecule has 0 saturated carbocycles. The number of fused-ring (bicyclic) bond motifs is 3. The van der Waals surface area contributed by atoms with Crippen molar-refractivity contribution in [3.05, 3.63) is 34.9 Å². The van der Waals surface area contributed by atoms with Crippen molar-refractivity contribution in [3.8, 4) is 0 Å². The minimum absolute atomic E-state index is 0.0160. The van der Waals surface area contributed by atoms with Gasteiger partial charge in [-0.25, -0.2) is 0 Å². The lowest BCUT2D eigenvalue weighted by molar-refractivity contribution is 0.0217. The van der Waals surface area contributed by atoms with Gasteiger partial charge in [0.1, 0.15) is 0 Å². The van der Waals surface area contributed by atoms with E-state index in [2.05, 4.69) is 17.1 Å². The lowest BCUT2D eigenvalue weighted by Gasteiger charge is -2.49. The molecular weight excluding hydrogens is 260 g/mol. The number of nitrogens with one attached hydrogen (secondary N) is 1. The summed E-state index contributed by atoms with van der Waals surface area (Å²) < 4.78 is 0. The normalized spacial score (nSPS) is 33.2. The quantitative estimate of drug-likeness (QED) is 0.902. The number of amides is 1. The number of carbonyl (C=O) groups excluding carboxylic acids is 1. The fraction of sp³-hybridized carbons (Fsp3) is 0.533. The van der Waals surface area contributed by atoms with Crippen molar-refractivity contribution < 1.29 is 4.79 Å². The van der Waals surface area contributed by atoms with Crippen molar-refractivity contribution in [2.24, 2.45) is 5.92 Å². The Labute approximate surface area is 118 Å². The van der Waals surface area contributed by atoms with Gasteiger partial charge < -0.3 is 5.32 Å². The van der Waals surface area contributed by atoms with E-state index in [0.29, 0.717) is 22.5 Å². The molecule has 3 heterocycles. The minimum Gasteiger partial charge on any atom is -0.347 e. The van der Waals surface area contributed by atoms with Gasteiger partial charge in [0.2, 0.25) is 0 Å². The smallest absolute Gasteiger partial charge is 0.251 e. The Morgan fingerprint density at radius 3 is 2.47 bits per heavy atom. The first-order chi connectivity index (χ1) is 9.15. The average molecular weight is 279 g/mol. The van der Waals surface area contributed by atoms with Crippen molar-refractivity contribution in [3.63, 3.8) is 0 Å². The number of hydrogen-bond acceptors (Lipinski definition) is 2. The van der Waals surface area contributed by atoms with Gasteiger partial charge in [0, 0.05) is 22.7 Å². The van der Waals surface area contributed by atoms with Crippen LogP contribution >= 0.6 is 11.6 Å². The standard InChI is InChI=1S/C15H19ClN2O/c1-10-14(11-6-8-18(10)9-7-11)17-15(19)12-2-4-13(16)5-3-12/h2-5,10-11,14H,6-9H2,1H3,(H,17,19). The van der Waals surface area contributed by atoms with E-state index >= 15 is 0 Å². The van der Waals surface area contributed by atoms with Crippen LogP contribution in [0.3, 0.4) is 0 Å². The van der Waals surface area contributed by atoms with Crippen molar-refractivity contribution in [2.75, 3.05) is 13.1 Å². The van der Waals surface area contributed by atoms with Crippen LogP contribution in [-0.2, 0) is 0 Å². The van der Waals surface area contributed by atoms with E-state index in [1.165, 1.54) is 25.9 Å². The minimum atomic E-state index is 0.0160. The van der Waals surface area contributed by atoms with E-state index in [1.54, 1.807) is 24.3 Å². The van der Waals surface area contributed by atoms with Crippen LogP contribution in [0.2, 0.25) is 5.02 Å². The van der Waals surface area contributed by atoms with Gasteiger partial charge in [-0.3, -0.25) is 9.69 Å². The molecule has 2 atom stereocenters. The highest BCUT2D eigenvalue weighted by Gasteiger charge is 2.40. The zero-order valence-corrected chi connectivity index (χ0v) is 11.9. The molecular formula is C15H19ClN2O. The summed E-state index contributed by atoms with van der Waals surface area (Å²) in [5.41, 5.74) is 0.688. The Bertz CT molecular complexity index is 464. The number of nitrogens with zero attached hydrogens (tertiary/aromatic N) is 1. The van der Waals surface area contributed by atoms with E-state index in [1.807, 2.05) is 0 Å². The first-order valence-corrected chi connectivity index (χ1v) is 7.33. The van der Waals surface area contributed by atoms with Crippen LogP contribution in [0.4, 0.5) is 0 Å². The Morgan fingerprint density at radius 1 is 1.26 bits per heavy atom. The number of benzene rings is 1. The third-order valence-corrected chi connectivity index (χ3v) is 4.83. The summed E-state index contributed by atoms with van der Waals surface area (Å²) in [6.07, 6.45) is 2.41. The summed E-state index contributed by atoms with van der Waals surface area (Å²) in [6.45, 7) is 4.58. The topological polar surface area (TPSA) is 32.3 Å². The Balaban J connectivity index is 1.71. The predicted octanol–water partition coefficient (Wildman–Crippen LogP) is 2.55. The van der Waals surface area contributed by atoms with E-state index < -0.39 is 0 Å². The van der Waals surface area contributed by atoms with Crippen molar-refractivity contribution in [1.29, 1.82) is 0 Å². The van der Waals surface area contributed by atoms with Crippen LogP contribution in [0.15, 0.2) is 24.3 Å². The number of carbonyl (C=O) groups is 1. The molecule has 2 unspecified atom stereocenters. The number of rotatable bonds is 2. The summed E-state index contributed by atoms with van der Waals surface area (Å²) in [6, 6.07) is 7.81. The zero-order valence-electron chi connectivity index (χ0n) is 11.1. The molecule has 3 aliphatic rings. The fourth-order valence-electron chi connectivity index (χ4n) is 3.38. The third-order valence-electron chi connectivity index (χ3n) is 4.58. The molecule has 0 aromatic heterocycles. The van der Waals surface area contributed by atoms with Crippen LogP contribution in [0, 0.1) is 5.92 Å². The maximum Gasteiger partial charge on any atom is 0.251 e. The molecule has 0 aliphatic carbocycles. The van der Waals surface area contributed by atoms with Gasteiger partial charge in [-0.1, -0.05) is 11.6 Å². The number of hydrogen-bond donors (Lipinski definition) is 1. The van der Waals surface area contributed by atoms with E-state index in [4.69, 9.17) is 11.6 Å². The Morgan fingerprint density at radius 2 is 1.89 bits per heavy atom. The molecule has 1 amide bonds. The third kappa shape index (κ3) is 2.49. The van der Waals surface area contributed by atoms with Crippen LogP contribution < -0.4 is 5.32 Å². The van der Waals surface area contributed by atoms with Crippen LogP contribution in [-0.4, -0.2) is 36.0 Å². The molecule has 4 heteroatoms. The lowest BCUT2D eigenvalue weighted by Crippen LogP contribution is -2.62. The second-order valence-corrected chi connectivity index (χ2v) is 6.06. The van der Waals surface area contributed by atoms with Gasteiger partial charge in [-0.2, -0.15) is 0 Å². The van der Waals surface area contributed by atoms with Crippen LogP contribution in [0.1, 0.15) is 30.1 Å². The lowest BCUT2D eigenvalue weighted by atomic mass is 9.79. The summed E-state index contributed by atoms with van der Waals surface area (Å²) in [5, 5.41) is 3.87. The highest BCUT2D eigenvalue weighted by molar-refractivity contribution is 6.30. The fourth-order valence-corrected chi connectivity index (χ4v) is 3.51. The molecule has 3 nitrogen and oxygen atoms in total. The first kappa shape index (κ1) is 12.9. The average Bonchev–Trinajstić information content (AvgIpc) is 2.44. The molecule has 3 aliphatic heterocycles. The largest absolute Gasteiger partial charge is 0.347 e. The molecule has 0 spiro atoms. The van der Waals surface area contributed by atoms with Crippen molar-refractivity contribution >= 4 is 17.5 Å². The Hall–Kier alpha value is -1.06. The second-order valence-electron chi connectivity index (χ2n) is 5.62. The molecule has 19 heavy (non-hydrogen) atoms. The van der Waals surface area contributed by atoms with Crippen LogP contribution in [0.25, 0.3) is 0 Å². The molecule has 3 saturated heterocycles. The maximum absolute atomic E-state index is 12.3. The summed E-state index contributed by atoms with van der Waals surface area (Å²) >= 11 is 5.84. The van der Waals surface area contributed by atoms with Gasteiger partial charge in [-0.15, -0.1) is 0 Å². The van der Waals surface area contributed by atoms with Gasteiger partial charge >= 0.3 is 0 Å². The van der Waals surface area contributed by atoms with Gasteiger partial charge in [-0.05, 0) is 63.0 Å². The summed E-state index contributed by atoms with van der Waals surface area (Å²) in [7, 11) is 0. The molecule has 1 aromatic rings. The second kappa shape index (κ2) is 5.14. The van der Waals surface area contributed by atoms with Crippen LogP contribution in [0.5, 0.6) is 0 Å². The van der Waals surface area contributed by atoms with Gasteiger partial charge in [0.25, 0.3) is 5.91 Å². The molecule has 0 radical (unpaired) electrons. The summed E-state index contributed by atoms with van der Waals surface area (Å²) in [5.74, 6) is 0.651. The Kier molecular flexibility index (Phi) is 3.50. The maximum atomic E-state index is 12.3. The van der Waals surface area contributed by atoms with Crippen molar-refractivity contribution in [1.82, 2.24) is 10.2 Å². The molecule has 102 valence electrons. The van der Waals surface area contributed by atoms with E-state index in [9.17, 15) is 4.79 Å². The molecule has 4 rings (SSSR count). The highest BCUT2D eigenvalue weighted by atomic mass is 35.5. The summed E-state index contributed by atoms with van der Waals surface area (Å²) in [4.78, 5) is 14.8. The molecule has 1 aromatic carbocycles. The van der Waals surface area contributed by atoms with Gasteiger partial charge in [0.15, 0.2) is 0 Å². The molecule has 2 bridgehead atoms. The van der Waals surface area contributed by atoms with E-state index in [0.717, 1.165) is 0 Å². The zero-order chi connectivity index (χ0) is 13.4. The number of halogens is 1. The number of piperidine rings is 3. The predicted molar refractivity (Wildman–Crippen MR) is 76.5 cm³/mol. The van der Waals surface area contributed by atoms with Gasteiger partial charge in [0.05, 0.1) is 0 Å². The van der Waals surface area contributed by atoms with E-state index in [-0.39, 0.29) is 11.9 Å². The highest BCUT2D eigenvalue weighted by Crippen LogP contribution is 2.32. The molecule has 1 N–H and O–H groups in total. The molecule has 3 fully saturated rings. The first-order valence-electron chi connectivity index (χ1n) is 6.95. The SMILES string of the molecule is CC1C(NC(=O)c2ccc(Cl)cc2)C2CCN1CC2. The van der Waals surface area contributed by atoms with Crippen molar-refractivity contribution in [2.45, 2.75) is 31.8 Å². The monoisotopic (exact) mass is 278 g/mol.